The fourth-order valence-corrected chi connectivity index (χ4v) is 5.20. The molecule has 1 N–H and O–H groups in total. The van der Waals surface area contributed by atoms with Gasteiger partial charge in [0.25, 0.3) is 10.0 Å². The molecule has 1 amide bonds. The van der Waals surface area contributed by atoms with E-state index in [1.807, 2.05) is 0 Å². The summed E-state index contributed by atoms with van der Waals surface area (Å²) in [6.45, 7) is 1.30. The molecule has 3 aromatic carbocycles. The van der Waals surface area contributed by atoms with Crippen molar-refractivity contribution in [2.75, 3.05) is 32.2 Å². The van der Waals surface area contributed by atoms with Crippen LogP contribution in [0.4, 0.5) is 5.69 Å². The van der Waals surface area contributed by atoms with E-state index in [0.29, 0.717) is 22.8 Å². The van der Waals surface area contributed by atoms with Gasteiger partial charge in [-0.15, -0.1) is 0 Å². The average Bonchev–Trinajstić information content (AvgIpc) is 2.87. The molecule has 10 heteroatoms. The summed E-state index contributed by atoms with van der Waals surface area (Å²) in [6, 6.07) is 17.2. The molecule has 3 aromatic rings. The first-order chi connectivity index (χ1) is 16.7. The molecule has 35 heavy (non-hydrogen) atoms. The van der Waals surface area contributed by atoms with Crippen molar-refractivity contribution in [3.05, 3.63) is 77.3 Å². The number of carbonyl (C=O) groups is 1. The molecule has 0 aliphatic carbocycles. The van der Waals surface area contributed by atoms with E-state index in [1.165, 1.54) is 38.5 Å². The number of hydrogen-bond acceptors (Lipinski definition) is 6. The minimum Gasteiger partial charge on any atom is -0.497 e. The summed E-state index contributed by atoms with van der Waals surface area (Å²) in [4.78, 5) is 13.1. The summed E-state index contributed by atoms with van der Waals surface area (Å²) >= 11 is 6.26. The number of nitrogens with zero attached hydrogens (tertiary/aromatic N) is 1. The lowest BCUT2D eigenvalue weighted by Gasteiger charge is -2.26. The molecule has 0 radical (unpaired) electrons. The Morgan fingerprint density at radius 1 is 0.943 bits per heavy atom. The Hall–Kier alpha value is -3.43. The van der Waals surface area contributed by atoms with Gasteiger partial charge in [0.1, 0.15) is 23.8 Å². The monoisotopic (exact) mass is 518 g/mol. The largest absolute Gasteiger partial charge is 0.497 e. The minimum absolute atomic E-state index is 0.0438. The number of carbonyl (C=O) groups excluding carboxylic acids is 1. The molecule has 0 fully saturated rings. The number of methoxy groups -OCH3 is 3. The lowest BCUT2D eigenvalue weighted by atomic mass is 10.1. The standard InChI is InChI=1S/C25H27ClN2O6S/c1-17(21-15-19(32-2)11-13-23(21)33-3)27-25(29)16-28(18-10-12-24(34-4)22(26)14-18)35(30,31)20-8-6-5-7-9-20/h5-15,17H,16H2,1-4H3,(H,27,29)/t17-/m1/s1. The highest BCUT2D eigenvalue weighted by atomic mass is 35.5. The first kappa shape index (κ1) is 26.2. The van der Waals surface area contributed by atoms with Crippen LogP contribution in [0, 0.1) is 0 Å². The summed E-state index contributed by atoms with van der Waals surface area (Å²) in [6.07, 6.45) is 0. The molecule has 0 aromatic heterocycles. The summed E-state index contributed by atoms with van der Waals surface area (Å²) in [5, 5.41) is 3.06. The summed E-state index contributed by atoms with van der Waals surface area (Å²) < 4.78 is 43.9. The van der Waals surface area contributed by atoms with Crippen LogP contribution in [0.25, 0.3) is 0 Å². The maximum atomic E-state index is 13.5. The van der Waals surface area contributed by atoms with E-state index in [9.17, 15) is 13.2 Å². The van der Waals surface area contributed by atoms with E-state index < -0.39 is 28.5 Å². The van der Waals surface area contributed by atoms with Crippen LogP contribution in [0.3, 0.4) is 0 Å². The van der Waals surface area contributed by atoms with Crippen molar-refractivity contribution in [3.63, 3.8) is 0 Å². The number of amides is 1. The van der Waals surface area contributed by atoms with E-state index in [4.69, 9.17) is 25.8 Å². The molecule has 3 rings (SSSR count). The number of benzene rings is 3. The van der Waals surface area contributed by atoms with Gasteiger partial charge in [-0.1, -0.05) is 29.8 Å². The molecular formula is C25H27ClN2O6S. The highest BCUT2D eigenvalue weighted by Crippen LogP contribution is 2.32. The fourth-order valence-electron chi connectivity index (χ4n) is 3.52. The molecule has 0 aliphatic rings. The number of ether oxygens (including phenoxy) is 3. The molecule has 0 unspecified atom stereocenters. The molecule has 0 aliphatic heterocycles. The van der Waals surface area contributed by atoms with Crippen LogP contribution in [-0.4, -0.2) is 42.2 Å². The number of anilines is 1. The second kappa shape index (κ2) is 11.3. The molecular weight excluding hydrogens is 492 g/mol. The lowest BCUT2D eigenvalue weighted by Crippen LogP contribution is -2.41. The highest BCUT2D eigenvalue weighted by Gasteiger charge is 2.28. The van der Waals surface area contributed by atoms with Gasteiger partial charge in [0, 0.05) is 5.56 Å². The van der Waals surface area contributed by atoms with Crippen LogP contribution < -0.4 is 23.8 Å². The number of nitrogens with one attached hydrogen (secondary N) is 1. The van der Waals surface area contributed by atoms with Gasteiger partial charge in [-0.25, -0.2) is 8.42 Å². The topological polar surface area (TPSA) is 94.2 Å². The number of hydrogen-bond donors (Lipinski definition) is 1. The van der Waals surface area contributed by atoms with Crippen LogP contribution in [0.15, 0.2) is 71.6 Å². The van der Waals surface area contributed by atoms with Crippen LogP contribution >= 0.6 is 11.6 Å². The van der Waals surface area contributed by atoms with Crippen molar-refractivity contribution in [1.82, 2.24) is 5.32 Å². The first-order valence-corrected chi connectivity index (χ1v) is 12.5. The van der Waals surface area contributed by atoms with Crippen molar-refractivity contribution in [3.8, 4) is 17.2 Å². The van der Waals surface area contributed by atoms with Gasteiger partial charge in [0.15, 0.2) is 0 Å². The third-order valence-corrected chi connectivity index (χ3v) is 7.41. The Labute approximate surface area is 210 Å². The predicted octanol–water partition coefficient (Wildman–Crippen LogP) is 4.44. The quantitative estimate of drug-likeness (QED) is 0.426. The zero-order chi connectivity index (χ0) is 25.6. The van der Waals surface area contributed by atoms with Gasteiger partial charge in [0.05, 0.1) is 43.0 Å². The number of halogens is 1. The van der Waals surface area contributed by atoms with Crippen LogP contribution in [0.1, 0.15) is 18.5 Å². The van der Waals surface area contributed by atoms with E-state index in [0.717, 1.165) is 4.31 Å². The van der Waals surface area contributed by atoms with Gasteiger partial charge in [-0.05, 0) is 55.5 Å². The van der Waals surface area contributed by atoms with Crippen molar-refractivity contribution >= 4 is 33.2 Å². The third-order valence-electron chi connectivity index (χ3n) is 5.32. The normalized spacial score (nSPS) is 11.9. The fraction of sp³-hybridized carbons (Fsp3) is 0.240. The molecule has 0 spiro atoms. The van der Waals surface area contributed by atoms with E-state index in [-0.39, 0.29) is 15.6 Å². The Kier molecular flexibility index (Phi) is 8.48. The Morgan fingerprint density at radius 2 is 1.60 bits per heavy atom. The lowest BCUT2D eigenvalue weighted by molar-refractivity contribution is -0.120. The molecule has 1 atom stereocenters. The molecule has 186 valence electrons. The van der Waals surface area contributed by atoms with E-state index in [1.54, 1.807) is 56.5 Å². The maximum Gasteiger partial charge on any atom is 0.264 e. The number of rotatable bonds is 10. The molecule has 8 nitrogen and oxygen atoms in total. The molecule has 0 saturated carbocycles. The van der Waals surface area contributed by atoms with Gasteiger partial charge < -0.3 is 19.5 Å². The Bertz CT molecular complexity index is 1280. The average molecular weight is 519 g/mol. The van der Waals surface area contributed by atoms with Gasteiger partial charge in [-0.3, -0.25) is 9.10 Å². The highest BCUT2D eigenvalue weighted by molar-refractivity contribution is 7.92. The summed E-state index contributed by atoms with van der Waals surface area (Å²) in [5.74, 6) is 1.03. The van der Waals surface area contributed by atoms with Crippen molar-refractivity contribution in [2.45, 2.75) is 17.9 Å². The zero-order valence-electron chi connectivity index (χ0n) is 19.8. The predicted molar refractivity (Wildman–Crippen MR) is 135 cm³/mol. The Balaban J connectivity index is 1.93. The van der Waals surface area contributed by atoms with E-state index >= 15 is 0 Å². The van der Waals surface area contributed by atoms with Gasteiger partial charge >= 0.3 is 0 Å². The SMILES string of the molecule is COc1ccc(OC)c([C@@H](C)NC(=O)CN(c2ccc(OC)c(Cl)c2)S(=O)(=O)c2ccccc2)c1. The number of sulfonamides is 1. The van der Waals surface area contributed by atoms with Gasteiger partial charge in [-0.2, -0.15) is 0 Å². The van der Waals surface area contributed by atoms with Gasteiger partial charge in [0.2, 0.25) is 5.91 Å². The van der Waals surface area contributed by atoms with Crippen LogP contribution in [0.2, 0.25) is 5.02 Å². The Morgan fingerprint density at radius 3 is 2.20 bits per heavy atom. The van der Waals surface area contributed by atoms with Crippen LogP contribution in [0.5, 0.6) is 17.2 Å². The molecule has 0 saturated heterocycles. The second-order valence-corrected chi connectivity index (χ2v) is 9.81. The molecule has 0 bridgehead atoms. The van der Waals surface area contributed by atoms with Crippen molar-refractivity contribution < 1.29 is 27.4 Å². The molecule has 0 heterocycles. The third kappa shape index (κ3) is 5.98. The summed E-state index contributed by atoms with van der Waals surface area (Å²) in [5.41, 5.74) is 0.909. The smallest absolute Gasteiger partial charge is 0.264 e. The van der Waals surface area contributed by atoms with E-state index in [2.05, 4.69) is 5.32 Å². The maximum absolute atomic E-state index is 13.5. The van der Waals surface area contributed by atoms with Crippen LogP contribution in [-0.2, 0) is 14.8 Å². The van der Waals surface area contributed by atoms with Crippen molar-refractivity contribution in [1.29, 1.82) is 0 Å². The first-order valence-electron chi connectivity index (χ1n) is 10.6. The zero-order valence-corrected chi connectivity index (χ0v) is 21.4. The van der Waals surface area contributed by atoms with Crippen molar-refractivity contribution in [2.24, 2.45) is 0 Å². The second-order valence-electron chi connectivity index (χ2n) is 7.54. The minimum atomic E-state index is -4.08. The summed E-state index contributed by atoms with van der Waals surface area (Å²) in [7, 11) is 0.450.